The lowest BCUT2D eigenvalue weighted by molar-refractivity contribution is 0.628. The van der Waals surface area contributed by atoms with Gasteiger partial charge in [0.05, 0.1) is 0 Å². The Morgan fingerprint density at radius 1 is 0.556 bits per heavy atom. The minimum Gasteiger partial charge on any atom is -0.207 e. The molecule has 0 aliphatic heterocycles. The standard InChI is InChI=1S/C25H20BF/c27-25-14-6-12-23(17-25)21-10-4-9-20(15-21)22-11-5-13-24(16-22)26-18-19-7-2-1-3-8-19/h1-17,26H,18H2. The maximum Gasteiger partial charge on any atom is 0.162 e. The summed E-state index contributed by atoms with van der Waals surface area (Å²) in [6.07, 6.45) is 1.04. The van der Waals surface area contributed by atoms with Crippen LogP contribution in [0.2, 0.25) is 0 Å². The normalized spacial score (nSPS) is 10.6. The monoisotopic (exact) mass is 350 g/mol. The highest BCUT2D eigenvalue weighted by atomic mass is 19.1. The third-order valence-electron chi connectivity index (χ3n) is 4.83. The van der Waals surface area contributed by atoms with Crippen LogP contribution < -0.4 is 5.46 Å². The summed E-state index contributed by atoms with van der Waals surface area (Å²) in [5.74, 6) is -0.208. The lowest BCUT2D eigenvalue weighted by atomic mass is 9.65. The molecule has 130 valence electrons. The summed E-state index contributed by atoms with van der Waals surface area (Å²) in [6, 6.07) is 34.3. The Morgan fingerprint density at radius 2 is 1.15 bits per heavy atom. The number of halogens is 1. The van der Waals surface area contributed by atoms with Crippen LogP contribution in [-0.2, 0) is 6.32 Å². The van der Waals surface area contributed by atoms with Crippen LogP contribution in [0.1, 0.15) is 5.56 Å². The van der Waals surface area contributed by atoms with E-state index < -0.39 is 0 Å². The van der Waals surface area contributed by atoms with Crippen LogP contribution >= 0.6 is 0 Å². The topological polar surface area (TPSA) is 0 Å². The molecule has 4 aromatic rings. The van der Waals surface area contributed by atoms with E-state index in [4.69, 9.17) is 0 Å². The Morgan fingerprint density at radius 3 is 1.85 bits per heavy atom. The maximum absolute atomic E-state index is 13.6. The number of hydrogen-bond acceptors (Lipinski definition) is 0. The second-order valence-electron chi connectivity index (χ2n) is 6.78. The molecule has 0 amide bonds. The molecule has 27 heavy (non-hydrogen) atoms. The van der Waals surface area contributed by atoms with E-state index >= 15 is 0 Å². The molecule has 0 saturated carbocycles. The molecule has 0 fully saturated rings. The third-order valence-corrected chi connectivity index (χ3v) is 4.83. The molecule has 0 aromatic heterocycles. The fourth-order valence-corrected chi connectivity index (χ4v) is 3.39. The fraction of sp³-hybridized carbons (Fsp3) is 0.0400. The van der Waals surface area contributed by atoms with E-state index in [1.54, 1.807) is 12.1 Å². The zero-order chi connectivity index (χ0) is 18.5. The van der Waals surface area contributed by atoms with Crippen LogP contribution in [0, 0.1) is 5.82 Å². The van der Waals surface area contributed by atoms with Crippen molar-refractivity contribution in [3.05, 3.63) is 115 Å². The van der Waals surface area contributed by atoms with E-state index in [0.717, 1.165) is 30.3 Å². The molecule has 4 rings (SSSR count). The first-order chi connectivity index (χ1) is 13.3. The molecule has 0 N–H and O–H groups in total. The lowest BCUT2D eigenvalue weighted by Crippen LogP contribution is -2.16. The van der Waals surface area contributed by atoms with Crippen molar-refractivity contribution in [2.75, 3.05) is 0 Å². The average Bonchev–Trinajstić information content (AvgIpc) is 2.73. The van der Waals surface area contributed by atoms with Gasteiger partial charge in [-0.25, -0.2) is 4.39 Å². The Labute approximate surface area is 160 Å². The molecule has 0 atom stereocenters. The predicted molar refractivity (Wildman–Crippen MR) is 114 cm³/mol. The molecule has 0 nitrogen and oxygen atoms in total. The summed E-state index contributed by atoms with van der Waals surface area (Å²) in [7, 11) is 1.02. The second kappa shape index (κ2) is 8.05. The van der Waals surface area contributed by atoms with Gasteiger partial charge in [-0.2, -0.15) is 0 Å². The van der Waals surface area contributed by atoms with Gasteiger partial charge < -0.3 is 0 Å². The number of hydrogen-bond donors (Lipinski definition) is 0. The highest BCUT2D eigenvalue weighted by molar-refractivity contribution is 6.53. The molecule has 0 spiro atoms. The first-order valence-corrected chi connectivity index (χ1v) is 9.27. The molecule has 0 saturated heterocycles. The van der Waals surface area contributed by atoms with Gasteiger partial charge in [0.15, 0.2) is 7.28 Å². The van der Waals surface area contributed by atoms with Crippen molar-refractivity contribution in [3.63, 3.8) is 0 Å². The van der Waals surface area contributed by atoms with Gasteiger partial charge in [-0.15, -0.1) is 0 Å². The van der Waals surface area contributed by atoms with Gasteiger partial charge >= 0.3 is 0 Å². The smallest absolute Gasteiger partial charge is 0.162 e. The predicted octanol–water partition coefficient (Wildman–Crippen LogP) is 5.42. The molecule has 0 bridgehead atoms. The van der Waals surface area contributed by atoms with Crippen molar-refractivity contribution in [2.45, 2.75) is 6.32 Å². The molecule has 4 aromatic carbocycles. The maximum atomic E-state index is 13.6. The van der Waals surface area contributed by atoms with Crippen molar-refractivity contribution in [1.29, 1.82) is 0 Å². The van der Waals surface area contributed by atoms with Gasteiger partial charge in [-0.05, 0) is 46.8 Å². The highest BCUT2D eigenvalue weighted by Gasteiger charge is 2.05. The summed E-state index contributed by atoms with van der Waals surface area (Å²) < 4.78 is 13.6. The van der Waals surface area contributed by atoms with Crippen LogP contribution in [0.5, 0.6) is 0 Å². The van der Waals surface area contributed by atoms with E-state index in [0.29, 0.717) is 0 Å². The first kappa shape index (κ1) is 17.3. The molecule has 0 aliphatic rings. The van der Waals surface area contributed by atoms with Crippen LogP contribution in [0.15, 0.2) is 103 Å². The Kier molecular flexibility index (Phi) is 5.16. The minimum atomic E-state index is -0.208. The largest absolute Gasteiger partial charge is 0.207 e. The summed E-state index contributed by atoms with van der Waals surface area (Å²) in [4.78, 5) is 0. The summed E-state index contributed by atoms with van der Waals surface area (Å²) in [5.41, 5.74) is 6.96. The average molecular weight is 350 g/mol. The molecule has 0 radical (unpaired) electrons. The van der Waals surface area contributed by atoms with Crippen molar-refractivity contribution in [3.8, 4) is 22.3 Å². The first-order valence-electron chi connectivity index (χ1n) is 9.27. The molecular weight excluding hydrogens is 330 g/mol. The van der Waals surface area contributed by atoms with Crippen LogP contribution in [0.25, 0.3) is 22.3 Å². The summed E-state index contributed by atoms with van der Waals surface area (Å²) in [5, 5.41) is 0. The van der Waals surface area contributed by atoms with E-state index in [2.05, 4.69) is 66.7 Å². The van der Waals surface area contributed by atoms with E-state index in [9.17, 15) is 4.39 Å². The number of rotatable bonds is 5. The summed E-state index contributed by atoms with van der Waals surface area (Å²) in [6.45, 7) is 0. The van der Waals surface area contributed by atoms with Crippen molar-refractivity contribution >= 4 is 12.7 Å². The molecule has 0 heterocycles. The van der Waals surface area contributed by atoms with E-state index in [1.165, 1.54) is 22.7 Å². The van der Waals surface area contributed by atoms with Gasteiger partial charge in [-0.1, -0.05) is 96.0 Å². The molecule has 2 heteroatoms. The quantitative estimate of drug-likeness (QED) is 0.422. The Balaban J connectivity index is 1.57. The van der Waals surface area contributed by atoms with Gasteiger partial charge in [0, 0.05) is 0 Å². The van der Waals surface area contributed by atoms with Crippen molar-refractivity contribution < 1.29 is 4.39 Å². The Bertz CT molecular complexity index is 1040. The third kappa shape index (κ3) is 4.35. The molecule has 0 unspecified atom stereocenters. The second-order valence-corrected chi connectivity index (χ2v) is 6.78. The van der Waals surface area contributed by atoms with Gasteiger partial charge in [0.25, 0.3) is 0 Å². The number of benzene rings is 4. The fourth-order valence-electron chi connectivity index (χ4n) is 3.39. The molecular formula is C25H20BF. The van der Waals surface area contributed by atoms with Crippen LogP contribution in [-0.4, -0.2) is 7.28 Å². The highest BCUT2D eigenvalue weighted by Crippen LogP contribution is 2.26. The van der Waals surface area contributed by atoms with Crippen LogP contribution in [0.3, 0.4) is 0 Å². The van der Waals surface area contributed by atoms with Crippen molar-refractivity contribution in [1.82, 2.24) is 0 Å². The molecule has 0 aliphatic carbocycles. The lowest BCUT2D eigenvalue weighted by Gasteiger charge is -2.08. The summed E-state index contributed by atoms with van der Waals surface area (Å²) >= 11 is 0. The van der Waals surface area contributed by atoms with E-state index in [1.807, 2.05) is 18.2 Å². The van der Waals surface area contributed by atoms with Gasteiger partial charge in [0.1, 0.15) is 5.82 Å². The minimum absolute atomic E-state index is 0.208. The SMILES string of the molecule is Fc1cccc(-c2cccc(-c3cccc(BCc4ccccc4)c3)c2)c1. The van der Waals surface area contributed by atoms with Crippen LogP contribution in [0.4, 0.5) is 4.39 Å². The van der Waals surface area contributed by atoms with E-state index in [-0.39, 0.29) is 5.82 Å². The zero-order valence-electron chi connectivity index (χ0n) is 15.1. The Hall–Kier alpha value is -3.13. The zero-order valence-corrected chi connectivity index (χ0v) is 15.1. The van der Waals surface area contributed by atoms with Gasteiger partial charge in [0.2, 0.25) is 0 Å². The van der Waals surface area contributed by atoms with Crippen molar-refractivity contribution in [2.24, 2.45) is 0 Å². The van der Waals surface area contributed by atoms with Gasteiger partial charge in [-0.3, -0.25) is 0 Å².